The summed E-state index contributed by atoms with van der Waals surface area (Å²) < 4.78 is 14.3. The van der Waals surface area contributed by atoms with Crippen LogP contribution in [0.4, 0.5) is 5.69 Å². The third-order valence-corrected chi connectivity index (χ3v) is 4.20. The van der Waals surface area contributed by atoms with E-state index in [9.17, 15) is 14.9 Å². The Morgan fingerprint density at radius 2 is 2.05 bits per heavy atom. The average Bonchev–Trinajstić information content (AvgIpc) is 2.85. The lowest BCUT2D eigenvalue weighted by molar-refractivity contribution is -0.385. The highest BCUT2D eigenvalue weighted by Gasteiger charge is 2.52. The number of benzene rings is 1. The number of ether oxygens (including phenoxy) is 3. The van der Waals surface area contributed by atoms with Crippen LogP contribution in [0.25, 0.3) is 0 Å². The molecular formula is C12H9Cl2NO6. The van der Waals surface area contributed by atoms with E-state index in [2.05, 4.69) is 0 Å². The van der Waals surface area contributed by atoms with Gasteiger partial charge in [-0.15, -0.1) is 23.2 Å². The molecule has 1 fully saturated rings. The van der Waals surface area contributed by atoms with Gasteiger partial charge in [-0.2, -0.15) is 0 Å². The standard InChI is InChI=1S/C12H9Cl2NO6/c13-12(14)3-6(12)4-19-11(16)7-1-9-10(21-5-20-9)2-8(7)15(17)18/h1-2,6H,3-5H2. The van der Waals surface area contributed by atoms with Crippen LogP contribution in [0.1, 0.15) is 16.8 Å². The van der Waals surface area contributed by atoms with Crippen molar-refractivity contribution in [3.05, 3.63) is 27.8 Å². The molecule has 9 heteroatoms. The zero-order valence-electron chi connectivity index (χ0n) is 10.5. The van der Waals surface area contributed by atoms with Gasteiger partial charge in [0, 0.05) is 12.0 Å². The lowest BCUT2D eigenvalue weighted by Gasteiger charge is -2.06. The Balaban J connectivity index is 1.80. The molecule has 1 heterocycles. The van der Waals surface area contributed by atoms with Crippen LogP contribution in [0.15, 0.2) is 12.1 Å². The van der Waals surface area contributed by atoms with Gasteiger partial charge in [-0.25, -0.2) is 4.79 Å². The zero-order valence-corrected chi connectivity index (χ0v) is 12.0. The minimum Gasteiger partial charge on any atom is -0.461 e. The number of esters is 1. The number of fused-ring (bicyclic) bond motifs is 1. The van der Waals surface area contributed by atoms with Crippen molar-refractivity contribution in [3.8, 4) is 11.5 Å². The first-order chi connectivity index (χ1) is 9.88. The summed E-state index contributed by atoms with van der Waals surface area (Å²) in [4.78, 5) is 22.4. The predicted molar refractivity (Wildman–Crippen MR) is 72.0 cm³/mol. The minimum atomic E-state index is -0.874. The fraction of sp³-hybridized carbons (Fsp3) is 0.417. The van der Waals surface area contributed by atoms with Gasteiger partial charge in [0.25, 0.3) is 5.69 Å². The summed E-state index contributed by atoms with van der Waals surface area (Å²) in [6, 6.07) is 2.38. The first kappa shape index (κ1) is 14.2. The Bertz CT molecular complexity index is 632. The van der Waals surface area contributed by atoms with Crippen molar-refractivity contribution in [3.63, 3.8) is 0 Å². The molecule has 112 valence electrons. The maximum absolute atomic E-state index is 12.0. The number of halogens is 2. The number of carbonyl (C=O) groups is 1. The van der Waals surface area contributed by atoms with E-state index >= 15 is 0 Å². The molecule has 1 saturated carbocycles. The summed E-state index contributed by atoms with van der Waals surface area (Å²) in [5.74, 6) is -0.488. The molecule has 0 amide bonds. The van der Waals surface area contributed by atoms with Crippen molar-refractivity contribution in [2.45, 2.75) is 10.8 Å². The fourth-order valence-electron chi connectivity index (χ4n) is 1.95. The summed E-state index contributed by atoms with van der Waals surface area (Å²) in [7, 11) is 0. The van der Waals surface area contributed by atoms with Gasteiger partial charge in [-0.1, -0.05) is 0 Å². The number of hydrogen-bond acceptors (Lipinski definition) is 6. The second-order valence-electron chi connectivity index (χ2n) is 4.74. The van der Waals surface area contributed by atoms with Gasteiger partial charge < -0.3 is 14.2 Å². The predicted octanol–water partition coefficient (Wildman–Crippen LogP) is 2.67. The van der Waals surface area contributed by atoms with Gasteiger partial charge >= 0.3 is 5.97 Å². The monoisotopic (exact) mass is 333 g/mol. The summed E-state index contributed by atoms with van der Waals surface area (Å²) in [5.41, 5.74) is -0.595. The SMILES string of the molecule is O=C(OCC1CC1(Cl)Cl)c1cc2c(cc1[N+](=O)[O-])OCO2. The molecule has 2 aliphatic rings. The molecule has 1 aromatic rings. The van der Waals surface area contributed by atoms with Crippen molar-refractivity contribution in [2.24, 2.45) is 5.92 Å². The van der Waals surface area contributed by atoms with E-state index in [4.69, 9.17) is 37.4 Å². The van der Waals surface area contributed by atoms with Crippen molar-refractivity contribution < 1.29 is 23.9 Å². The Labute approximate surface area is 128 Å². The Morgan fingerprint density at radius 3 is 2.62 bits per heavy atom. The average molecular weight is 334 g/mol. The third kappa shape index (κ3) is 2.71. The molecule has 0 N–H and O–H groups in total. The minimum absolute atomic E-state index is 0.0113. The van der Waals surface area contributed by atoms with E-state index in [-0.39, 0.29) is 36.4 Å². The summed E-state index contributed by atoms with van der Waals surface area (Å²) in [6.07, 6.45) is 0.520. The molecule has 1 aromatic carbocycles. The number of nitrogens with zero attached hydrogens (tertiary/aromatic N) is 1. The van der Waals surface area contributed by atoms with Crippen molar-refractivity contribution in [2.75, 3.05) is 13.4 Å². The summed E-state index contributed by atoms with van der Waals surface area (Å²) in [5, 5.41) is 11.0. The highest BCUT2D eigenvalue weighted by atomic mass is 35.5. The van der Waals surface area contributed by atoms with E-state index in [1.54, 1.807) is 0 Å². The molecule has 21 heavy (non-hydrogen) atoms. The highest BCUT2D eigenvalue weighted by Crippen LogP contribution is 2.53. The summed E-state index contributed by atoms with van der Waals surface area (Å²) in [6.45, 7) is -0.0362. The van der Waals surface area contributed by atoms with E-state index in [1.807, 2.05) is 0 Å². The molecule has 0 radical (unpaired) electrons. The summed E-state index contributed by atoms with van der Waals surface area (Å²) >= 11 is 11.6. The first-order valence-electron chi connectivity index (χ1n) is 6.01. The van der Waals surface area contributed by atoms with Crippen LogP contribution in [0.2, 0.25) is 0 Å². The van der Waals surface area contributed by atoms with E-state index < -0.39 is 20.9 Å². The number of nitro benzene ring substituents is 1. The lowest BCUT2D eigenvalue weighted by atomic mass is 10.1. The van der Waals surface area contributed by atoms with Crippen LogP contribution in [0, 0.1) is 16.0 Å². The van der Waals surface area contributed by atoms with Crippen LogP contribution >= 0.6 is 23.2 Å². The highest BCUT2D eigenvalue weighted by molar-refractivity contribution is 6.50. The molecule has 7 nitrogen and oxygen atoms in total. The van der Waals surface area contributed by atoms with Gasteiger partial charge in [-0.3, -0.25) is 10.1 Å². The number of carbonyl (C=O) groups excluding carboxylic acids is 1. The second kappa shape index (κ2) is 4.92. The third-order valence-electron chi connectivity index (χ3n) is 3.28. The van der Waals surface area contributed by atoms with Crippen LogP contribution in [-0.2, 0) is 4.74 Å². The molecule has 1 unspecified atom stereocenters. The quantitative estimate of drug-likeness (QED) is 0.364. The molecular weight excluding hydrogens is 325 g/mol. The van der Waals surface area contributed by atoms with Gasteiger partial charge in [0.15, 0.2) is 11.5 Å². The van der Waals surface area contributed by atoms with Gasteiger partial charge in [0.1, 0.15) is 9.90 Å². The Morgan fingerprint density at radius 1 is 1.43 bits per heavy atom. The molecule has 0 bridgehead atoms. The molecule has 0 aromatic heterocycles. The van der Waals surface area contributed by atoms with Crippen LogP contribution in [0.5, 0.6) is 11.5 Å². The molecule has 0 saturated heterocycles. The van der Waals surface area contributed by atoms with Gasteiger partial charge in [0.05, 0.1) is 17.6 Å². The number of nitro groups is 1. The fourth-order valence-corrected chi connectivity index (χ4v) is 2.45. The van der Waals surface area contributed by atoms with E-state index in [1.165, 1.54) is 6.07 Å². The zero-order chi connectivity index (χ0) is 15.2. The molecule has 1 aliphatic carbocycles. The Kier molecular flexibility index (Phi) is 3.33. The lowest BCUT2D eigenvalue weighted by Crippen LogP contribution is -2.11. The van der Waals surface area contributed by atoms with Crippen molar-refractivity contribution in [1.82, 2.24) is 0 Å². The number of alkyl halides is 2. The maximum atomic E-state index is 12.0. The molecule has 0 spiro atoms. The first-order valence-corrected chi connectivity index (χ1v) is 6.77. The van der Waals surface area contributed by atoms with Crippen molar-refractivity contribution in [1.29, 1.82) is 0 Å². The molecule has 1 atom stereocenters. The second-order valence-corrected chi connectivity index (χ2v) is 6.28. The van der Waals surface area contributed by atoms with E-state index in [0.29, 0.717) is 6.42 Å². The topological polar surface area (TPSA) is 87.9 Å². The maximum Gasteiger partial charge on any atom is 0.345 e. The smallest absolute Gasteiger partial charge is 0.345 e. The number of rotatable bonds is 4. The van der Waals surface area contributed by atoms with Crippen LogP contribution < -0.4 is 9.47 Å². The number of hydrogen-bond donors (Lipinski definition) is 0. The Hall–Kier alpha value is -1.73. The van der Waals surface area contributed by atoms with Gasteiger partial charge in [-0.05, 0) is 6.42 Å². The molecule has 1 aliphatic heterocycles. The largest absolute Gasteiger partial charge is 0.461 e. The van der Waals surface area contributed by atoms with Crippen LogP contribution in [0.3, 0.4) is 0 Å². The van der Waals surface area contributed by atoms with Crippen molar-refractivity contribution >= 4 is 34.9 Å². The van der Waals surface area contributed by atoms with Gasteiger partial charge in [0.2, 0.25) is 6.79 Å². The molecule has 3 rings (SSSR count). The van der Waals surface area contributed by atoms with E-state index in [0.717, 1.165) is 6.07 Å². The van der Waals surface area contributed by atoms with Crippen LogP contribution in [-0.4, -0.2) is 28.6 Å². The normalized spacial score (nSPS) is 21.0.